The van der Waals surface area contributed by atoms with Crippen LogP contribution < -0.4 is 0 Å². The summed E-state index contributed by atoms with van der Waals surface area (Å²) in [4.78, 5) is 12.9. The molecule has 0 amide bonds. The van der Waals surface area contributed by atoms with E-state index in [0.717, 1.165) is 11.3 Å². The summed E-state index contributed by atoms with van der Waals surface area (Å²) in [7, 11) is 0. The number of hydrogen-bond acceptors (Lipinski definition) is 6. The maximum Gasteiger partial charge on any atom is 0.187 e. The summed E-state index contributed by atoms with van der Waals surface area (Å²) in [6.45, 7) is 2.04. The van der Waals surface area contributed by atoms with Crippen LogP contribution in [-0.2, 0) is 0 Å². The molecule has 0 unspecified atom stereocenters. The molecule has 3 rings (SSSR count). The second-order valence-corrected chi connectivity index (χ2v) is 5.85. The molecule has 0 aliphatic heterocycles. The molecule has 0 aliphatic rings. The van der Waals surface area contributed by atoms with Gasteiger partial charge in [-0.25, -0.2) is 15.0 Å². The summed E-state index contributed by atoms with van der Waals surface area (Å²) >= 11 is 1.56. The number of nitrogens with zero attached hydrogens (tertiary/aromatic N) is 5. The van der Waals surface area contributed by atoms with Gasteiger partial charge in [0.2, 0.25) is 0 Å². The molecule has 0 spiro atoms. The number of imidazole rings is 1. The van der Waals surface area contributed by atoms with Crippen LogP contribution in [-0.4, -0.2) is 30.4 Å². The first-order valence-electron chi connectivity index (χ1n) is 6.95. The molecule has 0 fully saturated rings. The van der Waals surface area contributed by atoms with E-state index in [0.29, 0.717) is 22.2 Å². The van der Waals surface area contributed by atoms with Gasteiger partial charge in [0.05, 0.1) is 22.9 Å². The number of phenolic OH excluding ortho intramolecular Hbond substituents is 1. The third kappa shape index (κ3) is 3.03. The summed E-state index contributed by atoms with van der Waals surface area (Å²) < 4.78 is 1.71. The molecule has 0 aliphatic carbocycles. The molecular weight excluding hydrogens is 310 g/mol. The predicted octanol–water partition coefficient (Wildman–Crippen LogP) is 3.02. The molecule has 0 atom stereocenters. The van der Waals surface area contributed by atoms with Gasteiger partial charge in [-0.05, 0) is 24.0 Å². The number of aromatic hydroxyl groups is 1. The fourth-order valence-electron chi connectivity index (χ4n) is 2.13. The molecule has 23 heavy (non-hydrogen) atoms. The Hall–Kier alpha value is -2.85. The van der Waals surface area contributed by atoms with Gasteiger partial charge in [-0.2, -0.15) is 5.26 Å². The van der Waals surface area contributed by atoms with E-state index in [-0.39, 0.29) is 5.75 Å². The van der Waals surface area contributed by atoms with Crippen LogP contribution in [0.5, 0.6) is 5.75 Å². The van der Waals surface area contributed by atoms with Crippen molar-refractivity contribution in [1.29, 1.82) is 5.26 Å². The lowest BCUT2D eigenvalue weighted by Crippen LogP contribution is -1.99. The van der Waals surface area contributed by atoms with Gasteiger partial charge in [-0.3, -0.25) is 4.57 Å². The van der Waals surface area contributed by atoms with Crippen molar-refractivity contribution < 1.29 is 5.11 Å². The van der Waals surface area contributed by atoms with Crippen LogP contribution in [0.15, 0.2) is 48.1 Å². The quantitative estimate of drug-likeness (QED) is 0.586. The summed E-state index contributed by atoms with van der Waals surface area (Å²) in [6, 6.07) is 6.74. The van der Waals surface area contributed by atoms with Gasteiger partial charge in [0.15, 0.2) is 5.16 Å². The monoisotopic (exact) mass is 323 g/mol. The van der Waals surface area contributed by atoms with E-state index in [9.17, 15) is 5.11 Å². The van der Waals surface area contributed by atoms with Crippen LogP contribution in [0.1, 0.15) is 12.5 Å². The van der Waals surface area contributed by atoms with E-state index >= 15 is 0 Å². The Morgan fingerprint density at radius 1 is 1.26 bits per heavy atom. The van der Waals surface area contributed by atoms with Gasteiger partial charge in [-0.1, -0.05) is 18.7 Å². The van der Waals surface area contributed by atoms with Gasteiger partial charge in [-0.15, -0.1) is 0 Å². The van der Waals surface area contributed by atoms with Crippen LogP contribution in [0.25, 0.3) is 17.1 Å². The summed E-state index contributed by atoms with van der Waals surface area (Å²) in [5, 5.41) is 19.8. The molecule has 3 aromatic rings. The van der Waals surface area contributed by atoms with Gasteiger partial charge in [0.1, 0.15) is 11.6 Å². The number of rotatable bonds is 4. The molecule has 114 valence electrons. The zero-order chi connectivity index (χ0) is 16.2. The molecule has 6 nitrogen and oxygen atoms in total. The Morgan fingerprint density at radius 2 is 2.04 bits per heavy atom. The largest absolute Gasteiger partial charge is 0.506 e. The summed E-state index contributed by atoms with van der Waals surface area (Å²) in [6.07, 6.45) is 6.76. The van der Waals surface area contributed by atoms with E-state index in [4.69, 9.17) is 5.26 Å². The molecule has 0 saturated carbocycles. The highest BCUT2D eigenvalue weighted by Crippen LogP contribution is 2.28. The molecule has 2 aromatic heterocycles. The van der Waals surface area contributed by atoms with E-state index in [2.05, 4.69) is 21.0 Å². The van der Waals surface area contributed by atoms with Crippen molar-refractivity contribution in [2.24, 2.45) is 0 Å². The summed E-state index contributed by atoms with van der Waals surface area (Å²) in [5.41, 5.74) is 1.68. The van der Waals surface area contributed by atoms with Crippen LogP contribution in [0.3, 0.4) is 0 Å². The molecule has 1 N–H and O–H groups in total. The van der Waals surface area contributed by atoms with Crippen LogP contribution in [0, 0.1) is 11.3 Å². The maximum absolute atomic E-state index is 10.1. The summed E-state index contributed by atoms with van der Waals surface area (Å²) in [5.74, 6) is 1.58. The van der Waals surface area contributed by atoms with E-state index < -0.39 is 0 Å². The fourth-order valence-corrected chi connectivity index (χ4v) is 2.65. The smallest absolute Gasteiger partial charge is 0.187 e. The van der Waals surface area contributed by atoms with Gasteiger partial charge >= 0.3 is 0 Å². The normalized spacial score (nSPS) is 10.4. The Labute approximate surface area is 137 Å². The van der Waals surface area contributed by atoms with Crippen molar-refractivity contribution in [3.8, 4) is 28.9 Å². The standard InChI is InChI=1S/C16H13N5OS/c1-2-23-16-19-9-12(10-20-16)15-18-5-6-21(15)13-7-11(8-17)3-4-14(13)22/h3-7,9-10,22H,2H2,1H3. The zero-order valence-corrected chi connectivity index (χ0v) is 13.2. The van der Waals surface area contributed by atoms with E-state index in [1.807, 2.05) is 6.92 Å². The minimum atomic E-state index is 0.0716. The van der Waals surface area contributed by atoms with Crippen molar-refractivity contribution in [2.75, 3.05) is 5.75 Å². The highest BCUT2D eigenvalue weighted by atomic mass is 32.2. The lowest BCUT2D eigenvalue weighted by atomic mass is 10.2. The Morgan fingerprint density at radius 3 is 2.74 bits per heavy atom. The average molecular weight is 323 g/mol. The topological polar surface area (TPSA) is 87.6 Å². The maximum atomic E-state index is 10.1. The number of thioether (sulfide) groups is 1. The van der Waals surface area contributed by atoms with Crippen LogP contribution >= 0.6 is 11.8 Å². The van der Waals surface area contributed by atoms with Crippen molar-refractivity contribution in [3.05, 3.63) is 48.5 Å². The number of aromatic nitrogens is 4. The zero-order valence-electron chi connectivity index (χ0n) is 12.3. The first kappa shape index (κ1) is 15.1. The van der Waals surface area contributed by atoms with Crippen LogP contribution in [0.4, 0.5) is 0 Å². The average Bonchev–Trinajstić information content (AvgIpc) is 3.06. The number of benzene rings is 1. The van der Waals surface area contributed by atoms with E-state index in [1.54, 1.807) is 53.2 Å². The first-order chi connectivity index (χ1) is 11.2. The molecular formula is C16H13N5OS. The molecule has 0 bridgehead atoms. The Kier molecular flexibility index (Phi) is 4.26. The van der Waals surface area contributed by atoms with E-state index in [1.165, 1.54) is 6.07 Å². The van der Waals surface area contributed by atoms with Gasteiger partial charge in [0, 0.05) is 24.8 Å². The Bertz CT molecular complexity index is 867. The van der Waals surface area contributed by atoms with Crippen molar-refractivity contribution in [3.63, 3.8) is 0 Å². The Balaban J connectivity index is 2.05. The van der Waals surface area contributed by atoms with Gasteiger partial charge < -0.3 is 5.11 Å². The minimum Gasteiger partial charge on any atom is -0.506 e. The van der Waals surface area contributed by atoms with Crippen molar-refractivity contribution in [2.45, 2.75) is 12.1 Å². The minimum absolute atomic E-state index is 0.0716. The van der Waals surface area contributed by atoms with Gasteiger partial charge in [0.25, 0.3) is 0 Å². The highest BCUT2D eigenvalue weighted by Gasteiger charge is 2.12. The third-order valence-corrected chi connectivity index (χ3v) is 3.92. The SMILES string of the molecule is CCSc1ncc(-c2nccn2-c2cc(C#N)ccc2O)cn1. The van der Waals surface area contributed by atoms with Crippen molar-refractivity contribution in [1.82, 2.24) is 19.5 Å². The molecule has 1 aromatic carbocycles. The second-order valence-electron chi connectivity index (χ2n) is 4.62. The fraction of sp³-hybridized carbons (Fsp3) is 0.125. The van der Waals surface area contributed by atoms with Crippen LogP contribution in [0.2, 0.25) is 0 Å². The number of nitriles is 1. The lowest BCUT2D eigenvalue weighted by molar-refractivity contribution is 0.472. The second kappa shape index (κ2) is 6.50. The molecule has 2 heterocycles. The number of phenols is 1. The predicted molar refractivity (Wildman–Crippen MR) is 87.4 cm³/mol. The molecule has 7 heteroatoms. The number of hydrogen-bond donors (Lipinski definition) is 1. The lowest BCUT2D eigenvalue weighted by Gasteiger charge is -2.10. The molecule has 0 saturated heterocycles. The highest BCUT2D eigenvalue weighted by molar-refractivity contribution is 7.99. The van der Waals surface area contributed by atoms with Crippen molar-refractivity contribution >= 4 is 11.8 Å². The molecule has 0 radical (unpaired) electrons. The third-order valence-electron chi connectivity index (χ3n) is 3.16. The first-order valence-corrected chi connectivity index (χ1v) is 7.93.